The minimum Gasteiger partial charge on any atom is -0.395 e. The van der Waals surface area contributed by atoms with Crippen LogP contribution in [0.15, 0.2) is 0 Å². The van der Waals surface area contributed by atoms with Crippen molar-refractivity contribution in [1.82, 2.24) is 4.90 Å². The molecule has 0 aliphatic carbocycles. The molecule has 3 heteroatoms. The fraction of sp³-hybridized carbons (Fsp3) is 0.923. The van der Waals surface area contributed by atoms with Crippen molar-refractivity contribution in [2.45, 2.75) is 59.4 Å². The van der Waals surface area contributed by atoms with Gasteiger partial charge in [-0.15, -0.1) is 0 Å². The molecule has 1 unspecified atom stereocenters. The molecule has 0 radical (unpaired) electrons. The summed E-state index contributed by atoms with van der Waals surface area (Å²) < 4.78 is 0. The van der Waals surface area contributed by atoms with E-state index < -0.39 is 0 Å². The lowest BCUT2D eigenvalue weighted by molar-refractivity contribution is -0.138. The molecule has 1 N–H and O–H groups in total. The van der Waals surface area contributed by atoms with E-state index in [2.05, 4.69) is 20.8 Å². The molecule has 0 saturated heterocycles. The summed E-state index contributed by atoms with van der Waals surface area (Å²) in [5.41, 5.74) is 0. The van der Waals surface area contributed by atoms with Gasteiger partial charge in [-0.25, -0.2) is 0 Å². The molecule has 1 amide bonds. The van der Waals surface area contributed by atoms with Crippen LogP contribution >= 0.6 is 0 Å². The Morgan fingerprint density at radius 1 is 1.25 bits per heavy atom. The Kier molecular flexibility index (Phi) is 8.26. The molecule has 3 nitrogen and oxygen atoms in total. The van der Waals surface area contributed by atoms with E-state index in [0.29, 0.717) is 6.54 Å². The fourth-order valence-electron chi connectivity index (χ4n) is 2.15. The molecule has 0 fully saturated rings. The standard InChI is InChI=1S/C13H27NO2/c1-5-8-11(4)13(16)14(9-10-15)12(6-2)7-3/h11-12,15H,5-10H2,1-4H3. The van der Waals surface area contributed by atoms with Crippen molar-refractivity contribution >= 4 is 5.91 Å². The van der Waals surface area contributed by atoms with Crippen molar-refractivity contribution in [2.24, 2.45) is 5.92 Å². The van der Waals surface area contributed by atoms with Gasteiger partial charge in [-0.2, -0.15) is 0 Å². The van der Waals surface area contributed by atoms with E-state index in [4.69, 9.17) is 5.11 Å². The highest BCUT2D eigenvalue weighted by Crippen LogP contribution is 2.15. The molecule has 0 bridgehead atoms. The number of hydrogen-bond donors (Lipinski definition) is 1. The quantitative estimate of drug-likeness (QED) is 0.694. The van der Waals surface area contributed by atoms with E-state index in [-0.39, 0.29) is 24.5 Å². The lowest BCUT2D eigenvalue weighted by Gasteiger charge is -2.32. The molecule has 0 aliphatic heterocycles. The molecular weight excluding hydrogens is 202 g/mol. The maximum absolute atomic E-state index is 12.2. The summed E-state index contributed by atoms with van der Waals surface area (Å²) in [6, 6.07) is 0.277. The maximum atomic E-state index is 12.2. The number of nitrogens with zero attached hydrogens (tertiary/aromatic N) is 1. The molecule has 0 aromatic heterocycles. The van der Waals surface area contributed by atoms with Crippen molar-refractivity contribution in [3.8, 4) is 0 Å². The monoisotopic (exact) mass is 229 g/mol. The van der Waals surface area contributed by atoms with Crippen LogP contribution in [-0.2, 0) is 4.79 Å². The Bertz CT molecular complexity index is 190. The van der Waals surface area contributed by atoms with Gasteiger partial charge >= 0.3 is 0 Å². The van der Waals surface area contributed by atoms with E-state index in [9.17, 15) is 4.79 Å². The number of aliphatic hydroxyl groups is 1. The lowest BCUT2D eigenvalue weighted by Crippen LogP contribution is -2.44. The van der Waals surface area contributed by atoms with Gasteiger partial charge in [-0.05, 0) is 19.3 Å². The van der Waals surface area contributed by atoms with Gasteiger partial charge in [-0.3, -0.25) is 4.79 Å². The zero-order valence-corrected chi connectivity index (χ0v) is 11.2. The molecule has 16 heavy (non-hydrogen) atoms. The SMILES string of the molecule is CCCC(C)C(=O)N(CCO)C(CC)CC. The maximum Gasteiger partial charge on any atom is 0.225 e. The Labute approximate surface area is 99.8 Å². The molecular formula is C13H27NO2. The average molecular weight is 229 g/mol. The van der Waals surface area contributed by atoms with Crippen LogP contribution in [0.25, 0.3) is 0 Å². The van der Waals surface area contributed by atoms with Crippen molar-refractivity contribution in [3.05, 3.63) is 0 Å². The second kappa shape index (κ2) is 8.57. The summed E-state index contributed by atoms with van der Waals surface area (Å²) in [5.74, 6) is 0.279. The highest BCUT2D eigenvalue weighted by atomic mass is 16.3. The summed E-state index contributed by atoms with van der Waals surface area (Å²) >= 11 is 0. The van der Waals surface area contributed by atoms with E-state index in [1.54, 1.807) is 0 Å². The Morgan fingerprint density at radius 2 is 1.81 bits per heavy atom. The first kappa shape index (κ1) is 15.4. The van der Waals surface area contributed by atoms with Crippen molar-refractivity contribution in [2.75, 3.05) is 13.2 Å². The minimum absolute atomic E-state index is 0.0566. The fourth-order valence-corrected chi connectivity index (χ4v) is 2.15. The third kappa shape index (κ3) is 4.52. The average Bonchev–Trinajstić information content (AvgIpc) is 2.29. The van der Waals surface area contributed by atoms with Crippen LogP contribution < -0.4 is 0 Å². The predicted octanol–water partition coefficient (Wildman–Crippen LogP) is 2.43. The van der Waals surface area contributed by atoms with Gasteiger partial charge in [0, 0.05) is 18.5 Å². The highest BCUT2D eigenvalue weighted by molar-refractivity contribution is 5.78. The predicted molar refractivity (Wildman–Crippen MR) is 67.2 cm³/mol. The number of rotatable bonds is 8. The van der Waals surface area contributed by atoms with Crippen LogP contribution in [-0.4, -0.2) is 35.1 Å². The van der Waals surface area contributed by atoms with Crippen molar-refractivity contribution in [3.63, 3.8) is 0 Å². The summed E-state index contributed by atoms with van der Waals surface area (Å²) in [5, 5.41) is 9.04. The first-order chi connectivity index (χ1) is 7.62. The van der Waals surface area contributed by atoms with Gasteiger partial charge in [0.15, 0.2) is 0 Å². The number of amides is 1. The van der Waals surface area contributed by atoms with E-state index in [1.807, 2.05) is 11.8 Å². The molecule has 0 saturated carbocycles. The van der Waals surface area contributed by atoms with Gasteiger partial charge < -0.3 is 10.0 Å². The summed E-state index contributed by atoms with van der Waals surface area (Å²) in [4.78, 5) is 14.1. The van der Waals surface area contributed by atoms with Crippen LogP contribution in [0.4, 0.5) is 0 Å². The van der Waals surface area contributed by atoms with Gasteiger partial charge in [0.1, 0.15) is 0 Å². The first-order valence-electron chi connectivity index (χ1n) is 6.53. The smallest absolute Gasteiger partial charge is 0.225 e. The number of aliphatic hydroxyl groups excluding tert-OH is 1. The number of carbonyl (C=O) groups is 1. The zero-order valence-electron chi connectivity index (χ0n) is 11.2. The van der Waals surface area contributed by atoms with E-state index in [0.717, 1.165) is 25.7 Å². The van der Waals surface area contributed by atoms with Gasteiger partial charge in [0.25, 0.3) is 0 Å². The van der Waals surface area contributed by atoms with Gasteiger partial charge in [0.2, 0.25) is 5.91 Å². The molecule has 0 aromatic rings. The topological polar surface area (TPSA) is 40.5 Å². The second-order valence-electron chi connectivity index (χ2n) is 4.42. The molecule has 0 heterocycles. The Balaban J connectivity index is 4.55. The molecule has 0 aliphatic rings. The molecule has 0 rings (SSSR count). The Hall–Kier alpha value is -0.570. The molecule has 96 valence electrons. The van der Waals surface area contributed by atoms with Crippen LogP contribution in [0.3, 0.4) is 0 Å². The van der Waals surface area contributed by atoms with Crippen LogP contribution in [0.1, 0.15) is 53.4 Å². The number of carbonyl (C=O) groups excluding carboxylic acids is 1. The Morgan fingerprint density at radius 3 is 2.19 bits per heavy atom. The van der Waals surface area contributed by atoms with Crippen LogP contribution in [0.5, 0.6) is 0 Å². The van der Waals surface area contributed by atoms with Gasteiger partial charge in [0.05, 0.1) is 6.61 Å². The third-order valence-electron chi connectivity index (χ3n) is 3.15. The largest absolute Gasteiger partial charge is 0.395 e. The minimum atomic E-state index is 0.0566. The van der Waals surface area contributed by atoms with E-state index >= 15 is 0 Å². The lowest BCUT2D eigenvalue weighted by atomic mass is 10.0. The van der Waals surface area contributed by atoms with Gasteiger partial charge in [-0.1, -0.05) is 34.1 Å². The summed E-state index contributed by atoms with van der Waals surface area (Å²) in [7, 11) is 0. The van der Waals surface area contributed by atoms with Crippen LogP contribution in [0, 0.1) is 5.92 Å². The zero-order chi connectivity index (χ0) is 12.6. The third-order valence-corrected chi connectivity index (χ3v) is 3.15. The normalized spacial score (nSPS) is 12.9. The molecule has 0 spiro atoms. The highest BCUT2D eigenvalue weighted by Gasteiger charge is 2.24. The van der Waals surface area contributed by atoms with E-state index in [1.165, 1.54) is 0 Å². The first-order valence-corrected chi connectivity index (χ1v) is 6.53. The number of hydrogen-bond acceptors (Lipinski definition) is 2. The molecule has 1 atom stereocenters. The summed E-state index contributed by atoms with van der Waals surface area (Å²) in [6.45, 7) is 8.79. The van der Waals surface area contributed by atoms with Crippen LogP contribution in [0.2, 0.25) is 0 Å². The second-order valence-corrected chi connectivity index (χ2v) is 4.42. The van der Waals surface area contributed by atoms with Crippen molar-refractivity contribution < 1.29 is 9.90 Å². The molecule has 0 aromatic carbocycles. The van der Waals surface area contributed by atoms with Crippen molar-refractivity contribution in [1.29, 1.82) is 0 Å². The summed E-state index contributed by atoms with van der Waals surface area (Å²) in [6.07, 6.45) is 3.88.